The average Bonchev–Trinajstić information content (AvgIpc) is 2.67. The Morgan fingerprint density at radius 2 is 1.34 bits per heavy atom. The van der Waals surface area contributed by atoms with Crippen LogP contribution in [0.3, 0.4) is 0 Å². The van der Waals surface area contributed by atoms with Gasteiger partial charge in [-0.1, -0.05) is 56.1 Å². The molecule has 0 bridgehead atoms. The van der Waals surface area contributed by atoms with E-state index >= 15 is 0 Å². The number of pyridine rings is 1. The molecular formula is C20H13Br2F3N2O2. The standard InChI is InChI=1S/C20H13Br2F3N2O2/c21-13-5-1-11(2-6-13)17(12-3-7-14(22)8-4-12)27-19(29)15-9-10-16(20(23,24)25)26-18(15)28/h1-10,17H,(H,26,28)(H,27,29). The number of H-pyrrole nitrogens is 1. The SMILES string of the molecule is O=C(NC(c1ccc(Br)cc1)c1ccc(Br)cc1)c1ccc(C(F)(F)F)[nH]c1=O. The van der Waals surface area contributed by atoms with Crippen LogP contribution in [0.15, 0.2) is 74.4 Å². The third kappa shape index (κ3) is 5.16. The molecule has 1 heterocycles. The highest BCUT2D eigenvalue weighted by molar-refractivity contribution is 9.10. The van der Waals surface area contributed by atoms with E-state index in [-0.39, 0.29) is 0 Å². The quantitative estimate of drug-likeness (QED) is 0.473. The minimum absolute atomic E-state index is 0.405. The molecule has 150 valence electrons. The van der Waals surface area contributed by atoms with Crippen LogP contribution in [0.4, 0.5) is 13.2 Å². The van der Waals surface area contributed by atoms with Crippen molar-refractivity contribution in [1.82, 2.24) is 10.3 Å². The molecule has 2 aromatic carbocycles. The van der Waals surface area contributed by atoms with Crippen molar-refractivity contribution in [3.63, 3.8) is 0 Å². The first-order valence-electron chi connectivity index (χ1n) is 8.27. The second-order valence-electron chi connectivity index (χ2n) is 6.12. The van der Waals surface area contributed by atoms with Gasteiger partial charge in [0, 0.05) is 8.95 Å². The topological polar surface area (TPSA) is 62.0 Å². The number of rotatable bonds is 4. The number of benzene rings is 2. The molecule has 29 heavy (non-hydrogen) atoms. The molecule has 0 spiro atoms. The molecule has 0 aliphatic heterocycles. The van der Waals surface area contributed by atoms with Crippen molar-refractivity contribution in [2.45, 2.75) is 12.2 Å². The third-order valence-electron chi connectivity index (χ3n) is 4.14. The van der Waals surface area contributed by atoms with Gasteiger partial charge in [0.25, 0.3) is 11.5 Å². The number of hydrogen-bond acceptors (Lipinski definition) is 2. The van der Waals surface area contributed by atoms with E-state index in [0.717, 1.165) is 26.1 Å². The van der Waals surface area contributed by atoms with E-state index in [1.807, 2.05) is 0 Å². The van der Waals surface area contributed by atoms with E-state index in [1.54, 1.807) is 53.5 Å². The van der Waals surface area contributed by atoms with Gasteiger partial charge in [0.2, 0.25) is 0 Å². The average molecular weight is 530 g/mol. The lowest BCUT2D eigenvalue weighted by Gasteiger charge is -2.20. The van der Waals surface area contributed by atoms with Gasteiger partial charge in [-0.3, -0.25) is 9.59 Å². The molecule has 9 heteroatoms. The van der Waals surface area contributed by atoms with Gasteiger partial charge in [-0.05, 0) is 47.5 Å². The van der Waals surface area contributed by atoms with Crippen LogP contribution in [0.1, 0.15) is 33.2 Å². The van der Waals surface area contributed by atoms with E-state index < -0.39 is 34.9 Å². The molecule has 1 amide bonds. The summed E-state index contributed by atoms with van der Waals surface area (Å²) in [6, 6.07) is 15.4. The predicted octanol–water partition coefficient (Wildman–Crippen LogP) is 5.44. The molecule has 0 saturated heterocycles. The van der Waals surface area contributed by atoms with Gasteiger partial charge >= 0.3 is 6.18 Å². The Kier molecular flexibility index (Phi) is 6.28. The normalized spacial score (nSPS) is 11.5. The molecule has 0 aliphatic rings. The Bertz CT molecular complexity index is 1030. The lowest BCUT2D eigenvalue weighted by molar-refractivity contribution is -0.141. The number of aromatic nitrogens is 1. The fourth-order valence-corrected chi connectivity index (χ4v) is 3.22. The summed E-state index contributed by atoms with van der Waals surface area (Å²) in [5, 5.41) is 2.73. The highest BCUT2D eigenvalue weighted by Crippen LogP contribution is 2.27. The van der Waals surface area contributed by atoms with Gasteiger partial charge in [0.05, 0.1) is 6.04 Å². The molecule has 0 radical (unpaired) electrons. The van der Waals surface area contributed by atoms with Gasteiger partial charge in [-0.25, -0.2) is 0 Å². The summed E-state index contributed by atoms with van der Waals surface area (Å²) in [4.78, 5) is 26.4. The summed E-state index contributed by atoms with van der Waals surface area (Å²) < 4.78 is 39.9. The lowest BCUT2D eigenvalue weighted by Crippen LogP contribution is -2.34. The van der Waals surface area contributed by atoms with E-state index in [0.29, 0.717) is 6.07 Å². The monoisotopic (exact) mass is 528 g/mol. The van der Waals surface area contributed by atoms with Gasteiger partial charge < -0.3 is 10.3 Å². The maximum atomic E-state index is 12.7. The zero-order chi connectivity index (χ0) is 21.2. The van der Waals surface area contributed by atoms with Crippen LogP contribution in [0.5, 0.6) is 0 Å². The summed E-state index contributed by atoms with van der Waals surface area (Å²) in [6.07, 6.45) is -4.70. The van der Waals surface area contributed by atoms with Crippen molar-refractivity contribution in [2.24, 2.45) is 0 Å². The van der Waals surface area contributed by atoms with Crippen molar-refractivity contribution in [1.29, 1.82) is 0 Å². The molecule has 3 aromatic rings. The van der Waals surface area contributed by atoms with Crippen LogP contribution in [0.2, 0.25) is 0 Å². The van der Waals surface area contributed by atoms with Crippen LogP contribution in [-0.4, -0.2) is 10.9 Å². The minimum atomic E-state index is -4.70. The van der Waals surface area contributed by atoms with E-state index in [2.05, 4.69) is 37.2 Å². The molecule has 0 fully saturated rings. The maximum Gasteiger partial charge on any atom is 0.431 e. The summed E-state index contributed by atoms with van der Waals surface area (Å²) >= 11 is 6.70. The van der Waals surface area contributed by atoms with E-state index in [1.165, 1.54) is 0 Å². The first-order valence-corrected chi connectivity index (χ1v) is 9.86. The summed E-state index contributed by atoms with van der Waals surface area (Å²) in [5.74, 6) is -0.782. The molecular weight excluding hydrogens is 517 g/mol. The predicted molar refractivity (Wildman–Crippen MR) is 110 cm³/mol. The van der Waals surface area contributed by atoms with Crippen LogP contribution in [-0.2, 0) is 6.18 Å². The number of carbonyl (C=O) groups is 1. The van der Waals surface area contributed by atoms with Crippen molar-refractivity contribution >= 4 is 37.8 Å². The Balaban J connectivity index is 1.95. The van der Waals surface area contributed by atoms with Crippen LogP contribution < -0.4 is 10.9 Å². The zero-order valence-electron chi connectivity index (χ0n) is 14.6. The molecule has 0 saturated carbocycles. The van der Waals surface area contributed by atoms with Crippen molar-refractivity contribution in [3.8, 4) is 0 Å². The van der Waals surface area contributed by atoms with Crippen LogP contribution in [0.25, 0.3) is 0 Å². The molecule has 4 nitrogen and oxygen atoms in total. The summed E-state index contributed by atoms with van der Waals surface area (Å²) in [6.45, 7) is 0. The van der Waals surface area contributed by atoms with E-state index in [9.17, 15) is 22.8 Å². The molecule has 2 N–H and O–H groups in total. The number of hydrogen-bond donors (Lipinski definition) is 2. The first kappa shape index (κ1) is 21.3. The maximum absolute atomic E-state index is 12.7. The van der Waals surface area contributed by atoms with Crippen molar-refractivity contribution < 1.29 is 18.0 Å². The van der Waals surface area contributed by atoms with Gasteiger partial charge in [-0.2, -0.15) is 13.2 Å². The number of halogens is 5. The molecule has 1 aromatic heterocycles. The van der Waals surface area contributed by atoms with Gasteiger partial charge in [0.1, 0.15) is 11.3 Å². The van der Waals surface area contributed by atoms with Crippen molar-refractivity contribution in [2.75, 3.05) is 0 Å². The minimum Gasteiger partial charge on any atom is -0.341 e. The number of aromatic amines is 1. The Morgan fingerprint density at radius 3 is 1.76 bits per heavy atom. The largest absolute Gasteiger partial charge is 0.431 e. The fraction of sp³-hybridized carbons (Fsp3) is 0.100. The number of alkyl halides is 3. The fourth-order valence-electron chi connectivity index (χ4n) is 2.70. The second-order valence-corrected chi connectivity index (χ2v) is 7.95. The Labute approximate surface area is 180 Å². The number of nitrogens with one attached hydrogen (secondary N) is 2. The van der Waals surface area contributed by atoms with Gasteiger partial charge in [-0.15, -0.1) is 0 Å². The molecule has 3 rings (SSSR count). The molecule has 0 atom stereocenters. The number of carbonyl (C=O) groups excluding carboxylic acids is 1. The second kappa shape index (κ2) is 8.54. The lowest BCUT2D eigenvalue weighted by atomic mass is 9.98. The van der Waals surface area contributed by atoms with Gasteiger partial charge in [0.15, 0.2) is 0 Å². The number of amides is 1. The van der Waals surface area contributed by atoms with E-state index in [4.69, 9.17) is 0 Å². The Hall–Kier alpha value is -2.39. The smallest absolute Gasteiger partial charge is 0.341 e. The van der Waals surface area contributed by atoms with Crippen LogP contribution >= 0.6 is 31.9 Å². The highest BCUT2D eigenvalue weighted by atomic mass is 79.9. The first-order chi connectivity index (χ1) is 13.6. The molecule has 0 unspecified atom stereocenters. The molecule has 0 aliphatic carbocycles. The summed E-state index contributed by atoms with van der Waals surface area (Å²) in [5.41, 5.74) is -1.24. The Morgan fingerprint density at radius 1 is 0.862 bits per heavy atom. The third-order valence-corrected chi connectivity index (χ3v) is 5.20. The van der Waals surface area contributed by atoms with Crippen LogP contribution in [0, 0.1) is 0 Å². The highest BCUT2D eigenvalue weighted by Gasteiger charge is 2.32. The zero-order valence-corrected chi connectivity index (χ0v) is 17.7. The summed E-state index contributed by atoms with van der Waals surface area (Å²) in [7, 11) is 0. The van der Waals surface area contributed by atoms with Crippen molar-refractivity contribution in [3.05, 3.63) is 102 Å².